The number of carbonyl (C=O) groups is 1. The third-order valence-electron chi connectivity index (χ3n) is 4.43. The van der Waals surface area contributed by atoms with Crippen molar-refractivity contribution in [1.82, 2.24) is 9.80 Å². The van der Waals surface area contributed by atoms with Gasteiger partial charge in [0.25, 0.3) is 0 Å². The maximum Gasteiger partial charge on any atom is 0.151 e. The number of rotatable bonds is 4. The highest BCUT2D eigenvalue weighted by Crippen LogP contribution is 2.16. The molecule has 3 nitrogen and oxygen atoms in total. The van der Waals surface area contributed by atoms with E-state index in [1.54, 1.807) is 0 Å². The van der Waals surface area contributed by atoms with E-state index in [4.69, 9.17) is 0 Å². The Morgan fingerprint density at radius 1 is 1.00 bits per heavy atom. The Morgan fingerprint density at radius 3 is 2.68 bits per heavy atom. The Hall–Kier alpha value is -1.71. The van der Waals surface area contributed by atoms with Gasteiger partial charge in [-0.2, -0.15) is 0 Å². The fourth-order valence-corrected chi connectivity index (χ4v) is 3.14. The summed E-state index contributed by atoms with van der Waals surface area (Å²) < 4.78 is 0. The summed E-state index contributed by atoms with van der Waals surface area (Å²) in [7, 11) is 2.15. The summed E-state index contributed by atoms with van der Waals surface area (Å²) in [4.78, 5) is 17.0. The standard InChI is InChI=1S/C19H24N2O/c1-20-9-4-10-21(12-11-20)15-19(22)14-16-7-8-17-5-2-3-6-18(17)13-16/h2-3,5-8,13H,4,9-12,14-15H2,1H3. The van der Waals surface area contributed by atoms with Gasteiger partial charge in [-0.05, 0) is 42.9 Å². The highest BCUT2D eigenvalue weighted by atomic mass is 16.1. The van der Waals surface area contributed by atoms with E-state index in [0.29, 0.717) is 18.7 Å². The minimum absolute atomic E-state index is 0.319. The van der Waals surface area contributed by atoms with Crippen LogP contribution in [0.5, 0.6) is 0 Å². The first-order valence-electron chi connectivity index (χ1n) is 8.11. The number of benzene rings is 2. The Kier molecular flexibility index (Phi) is 4.86. The molecule has 1 heterocycles. The van der Waals surface area contributed by atoms with Crippen molar-refractivity contribution in [3.05, 3.63) is 48.0 Å². The van der Waals surface area contributed by atoms with Gasteiger partial charge in [-0.3, -0.25) is 9.69 Å². The molecular weight excluding hydrogens is 272 g/mol. The number of hydrogen-bond donors (Lipinski definition) is 0. The molecule has 1 aliphatic heterocycles. The lowest BCUT2D eigenvalue weighted by Gasteiger charge is -2.19. The maximum absolute atomic E-state index is 12.4. The normalized spacial score (nSPS) is 17.5. The fourth-order valence-electron chi connectivity index (χ4n) is 3.14. The second kappa shape index (κ2) is 7.03. The first kappa shape index (κ1) is 15.2. The first-order valence-corrected chi connectivity index (χ1v) is 8.11. The van der Waals surface area contributed by atoms with Crippen molar-refractivity contribution in [1.29, 1.82) is 0 Å². The van der Waals surface area contributed by atoms with Gasteiger partial charge in [-0.1, -0.05) is 42.5 Å². The molecule has 0 amide bonds. The molecule has 0 bridgehead atoms. The number of nitrogens with zero attached hydrogens (tertiary/aromatic N) is 2. The molecule has 0 unspecified atom stereocenters. The van der Waals surface area contributed by atoms with Crippen molar-refractivity contribution >= 4 is 16.6 Å². The summed E-state index contributed by atoms with van der Waals surface area (Å²) in [6, 6.07) is 14.6. The van der Waals surface area contributed by atoms with Crippen LogP contribution in [-0.4, -0.2) is 55.4 Å². The van der Waals surface area contributed by atoms with Gasteiger partial charge in [0.05, 0.1) is 6.54 Å². The first-order chi connectivity index (χ1) is 10.7. The summed E-state index contributed by atoms with van der Waals surface area (Å²) in [5, 5.41) is 2.44. The second-order valence-corrected chi connectivity index (χ2v) is 6.33. The van der Waals surface area contributed by atoms with Gasteiger partial charge in [-0.15, -0.1) is 0 Å². The minimum atomic E-state index is 0.319. The van der Waals surface area contributed by atoms with Crippen molar-refractivity contribution in [2.24, 2.45) is 0 Å². The van der Waals surface area contributed by atoms with E-state index in [-0.39, 0.29) is 0 Å². The second-order valence-electron chi connectivity index (χ2n) is 6.33. The molecule has 3 heteroatoms. The van der Waals surface area contributed by atoms with Gasteiger partial charge in [0.15, 0.2) is 5.78 Å². The molecule has 0 atom stereocenters. The molecule has 0 aromatic heterocycles. The summed E-state index contributed by atoms with van der Waals surface area (Å²) in [5.74, 6) is 0.319. The fraction of sp³-hybridized carbons (Fsp3) is 0.421. The van der Waals surface area contributed by atoms with E-state index in [9.17, 15) is 4.79 Å². The lowest BCUT2D eigenvalue weighted by molar-refractivity contribution is -0.119. The number of fused-ring (bicyclic) bond motifs is 1. The van der Waals surface area contributed by atoms with Crippen LogP contribution >= 0.6 is 0 Å². The predicted molar refractivity (Wildman–Crippen MR) is 91.2 cm³/mol. The van der Waals surface area contributed by atoms with E-state index < -0.39 is 0 Å². The number of Topliss-reactive ketones (excluding diaryl/α,β-unsaturated/α-hetero) is 1. The monoisotopic (exact) mass is 296 g/mol. The molecule has 1 aliphatic rings. The van der Waals surface area contributed by atoms with Gasteiger partial charge in [0.1, 0.15) is 0 Å². The number of likely N-dealkylation sites (N-methyl/N-ethyl adjacent to an activating group) is 1. The van der Waals surface area contributed by atoms with Crippen molar-refractivity contribution in [2.45, 2.75) is 12.8 Å². The summed E-state index contributed by atoms with van der Waals surface area (Å²) in [6.07, 6.45) is 1.69. The van der Waals surface area contributed by atoms with Gasteiger partial charge >= 0.3 is 0 Å². The van der Waals surface area contributed by atoms with Gasteiger partial charge in [0.2, 0.25) is 0 Å². The Morgan fingerprint density at radius 2 is 1.82 bits per heavy atom. The van der Waals surface area contributed by atoms with Gasteiger partial charge < -0.3 is 4.90 Å². The Bertz CT molecular complexity index is 653. The third kappa shape index (κ3) is 3.93. The van der Waals surface area contributed by atoms with Crippen LogP contribution in [-0.2, 0) is 11.2 Å². The molecule has 0 spiro atoms. The van der Waals surface area contributed by atoms with E-state index in [0.717, 1.165) is 38.2 Å². The van der Waals surface area contributed by atoms with Crippen molar-refractivity contribution in [3.63, 3.8) is 0 Å². The SMILES string of the molecule is CN1CCCN(CC(=O)Cc2ccc3ccccc3c2)CC1. The minimum Gasteiger partial charge on any atom is -0.305 e. The maximum atomic E-state index is 12.4. The third-order valence-corrected chi connectivity index (χ3v) is 4.43. The molecule has 1 fully saturated rings. The average Bonchev–Trinajstić information content (AvgIpc) is 2.72. The van der Waals surface area contributed by atoms with Crippen LogP contribution in [0.1, 0.15) is 12.0 Å². The molecule has 22 heavy (non-hydrogen) atoms. The Labute approximate surface area is 132 Å². The zero-order valence-corrected chi connectivity index (χ0v) is 13.3. The van der Waals surface area contributed by atoms with Crippen molar-refractivity contribution in [3.8, 4) is 0 Å². The molecule has 116 valence electrons. The number of ketones is 1. The molecule has 0 N–H and O–H groups in total. The molecule has 3 rings (SSSR count). The topological polar surface area (TPSA) is 23.6 Å². The number of carbonyl (C=O) groups excluding carboxylic acids is 1. The molecule has 1 saturated heterocycles. The van der Waals surface area contributed by atoms with E-state index in [2.05, 4.69) is 47.2 Å². The largest absolute Gasteiger partial charge is 0.305 e. The van der Waals surface area contributed by atoms with Crippen LogP contribution in [0.25, 0.3) is 10.8 Å². The lowest BCUT2D eigenvalue weighted by Crippen LogP contribution is -2.34. The van der Waals surface area contributed by atoms with Crippen LogP contribution in [0, 0.1) is 0 Å². The molecule has 2 aromatic carbocycles. The zero-order valence-electron chi connectivity index (χ0n) is 13.3. The number of hydrogen-bond acceptors (Lipinski definition) is 3. The molecule has 0 aliphatic carbocycles. The van der Waals surface area contributed by atoms with E-state index >= 15 is 0 Å². The van der Waals surface area contributed by atoms with Crippen LogP contribution in [0.15, 0.2) is 42.5 Å². The molecule has 0 radical (unpaired) electrons. The quantitative estimate of drug-likeness (QED) is 0.866. The predicted octanol–water partition coefficient (Wildman–Crippen LogP) is 2.59. The van der Waals surface area contributed by atoms with Crippen LogP contribution in [0.2, 0.25) is 0 Å². The van der Waals surface area contributed by atoms with E-state index in [1.165, 1.54) is 10.8 Å². The average molecular weight is 296 g/mol. The van der Waals surface area contributed by atoms with Crippen LogP contribution in [0.3, 0.4) is 0 Å². The van der Waals surface area contributed by atoms with Gasteiger partial charge in [-0.25, -0.2) is 0 Å². The highest BCUT2D eigenvalue weighted by Gasteiger charge is 2.15. The van der Waals surface area contributed by atoms with E-state index in [1.807, 2.05) is 12.1 Å². The lowest BCUT2D eigenvalue weighted by atomic mass is 10.0. The van der Waals surface area contributed by atoms with Crippen molar-refractivity contribution < 1.29 is 4.79 Å². The van der Waals surface area contributed by atoms with Crippen LogP contribution < -0.4 is 0 Å². The van der Waals surface area contributed by atoms with Crippen molar-refractivity contribution in [2.75, 3.05) is 39.8 Å². The highest BCUT2D eigenvalue weighted by molar-refractivity contribution is 5.86. The molecule has 2 aromatic rings. The summed E-state index contributed by atoms with van der Waals surface area (Å²) in [5.41, 5.74) is 1.12. The molecular formula is C19H24N2O. The molecule has 0 saturated carbocycles. The smallest absolute Gasteiger partial charge is 0.151 e. The summed E-state index contributed by atoms with van der Waals surface area (Å²) >= 11 is 0. The van der Waals surface area contributed by atoms with Gasteiger partial charge in [0, 0.05) is 19.5 Å². The van der Waals surface area contributed by atoms with Crippen LogP contribution in [0.4, 0.5) is 0 Å². The zero-order chi connectivity index (χ0) is 15.4. The summed E-state index contributed by atoms with van der Waals surface area (Å²) in [6.45, 7) is 4.81. The Balaban J connectivity index is 1.60.